The number of amides is 2. The Labute approximate surface area is 244 Å². The third-order valence-corrected chi connectivity index (χ3v) is 8.72. The highest BCUT2D eigenvalue weighted by Crippen LogP contribution is 2.35. The lowest BCUT2D eigenvalue weighted by molar-refractivity contribution is -0.139. The van der Waals surface area contributed by atoms with Crippen LogP contribution in [0.15, 0.2) is 77.7 Å². The maximum atomic E-state index is 13.9. The Balaban J connectivity index is 2.04. The van der Waals surface area contributed by atoms with Crippen LogP contribution in [-0.2, 0) is 26.2 Å². The van der Waals surface area contributed by atoms with Crippen molar-refractivity contribution in [3.8, 4) is 0 Å². The van der Waals surface area contributed by atoms with E-state index in [0.29, 0.717) is 17.1 Å². The van der Waals surface area contributed by atoms with E-state index < -0.39 is 28.5 Å². The van der Waals surface area contributed by atoms with Crippen LogP contribution in [0.5, 0.6) is 0 Å². The summed E-state index contributed by atoms with van der Waals surface area (Å²) in [5.41, 5.74) is 0.721. The second kappa shape index (κ2) is 13.5. The Morgan fingerprint density at radius 1 is 0.897 bits per heavy atom. The van der Waals surface area contributed by atoms with Crippen molar-refractivity contribution < 1.29 is 18.0 Å². The number of carbonyl (C=O) groups excluding carboxylic acids is 2. The summed E-state index contributed by atoms with van der Waals surface area (Å²) in [6.07, 6.45) is 0. The topological polar surface area (TPSA) is 86.8 Å². The van der Waals surface area contributed by atoms with E-state index in [1.54, 1.807) is 55.5 Å². The van der Waals surface area contributed by atoms with Crippen molar-refractivity contribution in [1.82, 2.24) is 10.2 Å². The number of carbonyl (C=O) groups is 2. The monoisotopic (exact) mass is 609 g/mol. The zero-order valence-corrected chi connectivity index (χ0v) is 24.9. The van der Waals surface area contributed by atoms with Crippen molar-refractivity contribution in [2.45, 2.75) is 38.3 Å². The molecule has 0 saturated carbocycles. The first-order chi connectivity index (χ1) is 18.4. The lowest BCUT2D eigenvalue weighted by atomic mass is 10.1. The van der Waals surface area contributed by atoms with Gasteiger partial charge in [-0.1, -0.05) is 85.0 Å². The van der Waals surface area contributed by atoms with Gasteiger partial charge in [0.15, 0.2) is 0 Å². The summed E-state index contributed by atoms with van der Waals surface area (Å²) in [6, 6.07) is 18.2. The van der Waals surface area contributed by atoms with Crippen LogP contribution < -0.4 is 9.62 Å². The van der Waals surface area contributed by atoms with Crippen molar-refractivity contribution in [3.05, 3.63) is 93.4 Å². The fourth-order valence-electron chi connectivity index (χ4n) is 3.79. The summed E-state index contributed by atoms with van der Waals surface area (Å²) in [5.74, 6) is -0.773. The number of sulfonamides is 1. The summed E-state index contributed by atoms with van der Waals surface area (Å²) in [7, 11) is -4.25. The van der Waals surface area contributed by atoms with Crippen LogP contribution in [-0.4, -0.2) is 44.3 Å². The Kier molecular flexibility index (Phi) is 10.7. The predicted octanol–water partition coefficient (Wildman–Crippen LogP) is 6.03. The van der Waals surface area contributed by atoms with Crippen molar-refractivity contribution >= 4 is 62.3 Å². The van der Waals surface area contributed by atoms with E-state index in [2.05, 4.69) is 5.32 Å². The summed E-state index contributed by atoms with van der Waals surface area (Å²) < 4.78 is 28.5. The van der Waals surface area contributed by atoms with Crippen LogP contribution in [0.3, 0.4) is 0 Å². The van der Waals surface area contributed by atoms with Gasteiger partial charge in [0.25, 0.3) is 10.0 Å². The van der Waals surface area contributed by atoms with Crippen molar-refractivity contribution in [2.24, 2.45) is 5.92 Å². The molecule has 0 heterocycles. The zero-order chi connectivity index (χ0) is 28.7. The first-order valence-electron chi connectivity index (χ1n) is 12.2. The van der Waals surface area contributed by atoms with E-state index in [-0.39, 0.29) is 39.0 Å². The molecule has 0 bridgehead atoms. The number of halogens is 3. The van der Waals surface area contributed by atoms with Gasteiger partial charge in [0.1, 0.15) is 12.6 Å². The van der Waals surface area contributed by atoms with E-state index in [1.165, 1.54) is 29.2 Å². The Morgan fingerprint density at radius 2 is 1.56 bits per heavy atom. The van der Waals surface area contributed by atoms with Crippen LogP contribution in [0.2, 0.25) is 15.1 Å². The van der Waals surface area contributed by atoms with Crippen LogP contribution in [0, 0.1) is 5.92 Å². The number of anilines is 1. The van der Waals surface area contributed by atoms with Crippen molar-refractivity contribution in [2.75, 3.05) is 17.4 Å². The molecule has 1 N–H and O–H groups in total. The predicted molar refractivity (Wildman–Crippen MR) is 157 cm³/mol. The first kappa shape index (κ1) is 30.8. The smallest absolute Gasteiger partial charge is 0.264 e. The van der Waals surface area contributed by atoms with Gasteiger partial charge in [-0.2, -0.15) is 0 Å². The van der Waals surface area contributed by atoms with Crippen molar-refractivity contribution in [1.29, 1.82) is 0 Å². The number of nitrogens with zero attached hydrogens (tertiary/aromatic N) is 2. The van der Waals surface area contributed by atoms with E-state index >= 15 is 0 Å². The van der Waals surface area contributed by atoms with Gasteiger partial charge < -0.3 is 10.2 Å². The van der Waals surface area contributed by atoms with Crippen molar-refractivity contribution in [3.63, 3.8) is 0 Å². The van der Waals surface area contributed by atoms with Crippen LogP contribution >= 0.6 is 34.8 Å². The molecule has 0 spiro atoms. The second-order valence-electron chi connectivity index (χ2n) is 9.36. The van der Waals surface area contributed by atoms with E-state index in [1.807, 2.05) is 13.8 Å². The Bertz CT molecular complexity index is 1420. The highest BCUT2D eigenvalue weighted by molar-refractivity contribution is 7.92. The van der Waals surface area contributed by atoms with E-state index in [9.17, 15) is 18.0 Å². The van der Waals surface area contributed by atoms with E-state index in [4.69, 9.17) is 34.8 Å². The van der Waals surface area contributed by atoms with Gasteiger partial charge in [0, 0.05) is 18.1 Å². The highest BCUT2D eigenvalue weighted by atomic mass is 35.5. The first-order valence-corrected chi connectivity index (χ1v) is 14.8. The molecule has 0 aliphatic carbocycles. The van der Waals surface area contributed by atoms with Gasteiger partial charge in [0.2, 0.25) is 11.8 Å². The summed E-state index contributed by atoms with van der Waals surface area (Å²) in [4.78, 5) is 28.2. The Hall–Kier alpha value is -2.78. The SMILES string of the molecule is CC(C)CNC(=O)[C@@H](C)N(Cc1cccc(Cl)c1)C(=O)CN(c1cccc(Cl)c1Cl)S(=O)(=O)c1ccccc1. The highest BCUT2D eigenvalue weighted by Gasteiger charge is 2.33. The molecule has 11 heteroatoms. The quantitative estimate of drug-likeness (QED) is 0.287. The molecule has 208 valence electrons. The molecular formula is C28H30Cl3N3O4S. The average Bonchev–Trinajstić information content (AvgIpc) is 2.90. The molecule has 3 aromatic rings. The summed E-state index contributed by atoms with van der Waals surface area (Å²) >= 11 is 18.8. The lowest BCUT2D eigenvalue weighted by Gasteiger charge is -2.32. The zero-order valence-electron chi connectivity index (χ0n) is 21.8. The van der Waals surface area contributed by atoms with Gasteiger partial charge >= 0.3 is 0 Å². The average molecular weight is 611 g/mol. The fraction of sp³-hybridized carbons (Fsp3) is 0.286. The molecule has 0 saturated heterocycles. The van der Waals surface area contributed by atoms with Gasteiger partial charge in [-0.3, -0.25) is 13.9 Å². The summed E-state index contributed by atoms with van der Waals surface area (Å²) in [6.45, 7) is 5.34. The standard InChI is InChI=1S/C28H30Cl3N3O4S/c1-19(2)16-32-28(36)20(3)33(17-21-9-7-10-22(29)15-21)26(35)18-34(25-14-8-13-24(30)27(25)31)39(37,38)23-11-5-4-6-12-23/h4-15,19-20H,16-18H2,1-3H3,(H,32,36)/t20-/m1/s1. The maximum Gasteiger partial charge on any atom is 0.264 e. The molecule has 1 atom stereocenters. The third kappa shape index (κ3) is 7.88. The van der Waals surface area contributed by atoms with Gasteiger partial charge in [-0.05, 0) is 54.8 Å². The molecule has 0 radical (unpaired) electrons. The number of hydrogen-bond donors (Lipinski definition) is 1. The number of rotatable bonds is 11. The molecule has 3 rings (SSSR count). The largest absolute Gasteiger partial charge is 0.354 e. The molecule has 39 heavy (non-hydrogen) atoms. The van der Waals surface area contributed by atoms with Gasteiger partial charge in [0.05, 0.1) is 20.6 Å². The second-order valence-corrected chi connectivity index (χ2v) is 12.4. The van der Waals surface area contributed by atoms with Crippen LogP contribution in [0.25, 0.3) is 0 Å². The minimum Gasteiger partial charge on any atom is -0.354 e. The molecule has 0 aliphatic rings. The fourth-order valence-corrected chi connectivity index (χ4v) is 5.89. The molecular weight excluding hydrogens is 581 g/mol. The molecule has 2 amide bonds. The van der Waals surface area contributed by atoms with Gasteiger partial charge in [-0.25, -0.2) is 8.42 Å². The molecule has 0 unspecified atom stereocenters. The summed E-state index contributed by atoms with van der Waals surface area (Å²) in [5, 5.41) is 3.42. The number of nitrogens with one attached hydrogen (secondary N) is 1. The van der Waals surface area contributed by atoms with Crippen LogP contribution in [0.4, 0.5) is 5.69 Å². The lowest BCUT2D eigenvalue weighted by Crippen LogP contribution is -2.51. The minimum atomic E-state index is -4.25. The molecule has 0 aliphatic heterocycles. The number of hydrogen-bond acceptors (Lipinski definition) is 4. The number of benzene rings is 3. The normalized spacial score (nSPS) is 12.2. The molecule has 0 aromatic heterocycles. The van der Waals surface area contributed by atoms with E-state index in [0.717, 1.165) is 4.31 Å². The maximum absolute atomic E-state index is 13.9. The molecule has 0 fully saturated rings. The molecule has 3 aromatic carbocycles. The van der Waals surface area contributed by atoms with Gasteiger partial charge in [-0.15, -0.1) is 0 Å². The third-order valence-electron chi connectivity index (χ3n) is 5.90. The Morgan fingerprint density at radius 3 is 2.21 bits per heavy atom. The molecule has 7 nitrogen and oxygen atoms in total. The minimum absolute atomic E-state index is 0.0180. The van der Waals surface area contributed by atoms with Crippen LogP contribution in [0.1, 0.15) is 26.3 Å².